The van der Waals surface area contributed by atoms with E-state index in [4.69, 9.17) is 9.47 Å². The number of ether oxygens (including phenoxy) is 2. The summed E-state index contributed by atoms with van der Waals surface area (Å²) in [6.07, 6.45) is 5.23. The zero-order valence-electron chi connectivity index (χ0n) is 20.0. The van der Waals surface area contributed by atoms with E-state index in [1.54, 1.807) is 0 Å². The lowest BCUT2D eigenvalue weighted by atomic mass is 10.1. The average Bonchev–Trinajstić information content (AvgIpc) is 2.91. The van der Waals surface area contributed by atoms with Crippen molar-refractivity contribution in [3.8, 4) is 5.75 Å². The molecule has 3 aromatic carbocycles. The van der Waals surface area contributed by atoms with Gasteiger partial charge in [-0.05, 0) is 79.1 Å². The number of hydrogen-bond donors (Lipinski definition) is 0. The van der Waals surface area contributed by atoms with Gasteiger partial charge < -0.3 is 9.47 Å². The van der Waals surface area contributed by atoms with Gasteiger partial charge in [-0.15, -0.1) is 0 Å². The molecule has 0 aliphatic carbocycles. The van der Waals surface area contributed by atoms with Gasteiger partial charge >= 0.3 is 5.97 Å². The number of unbranched alkanes of at least 4 members (excludes halogenated alkanes) is 1. The predicted octanol–water partition coefficient (Wildman–Crippen LogP) is 8.36. The Balaban J connectivity index is 1.45. The van der Waals surface area contributed by atoms with Crippen LogP contribution in [0.3, 0.4) is 0 Å². The fraction of sp³-hybridized carbons (Fsp3) is 0.250. The van der Waals surface area contributed by atoms with Crippen LogP contribution in [0.2, 0.25) is 0 Å². The van der Waals surface area contributed by atoms with E-state index < -0.39 is 5.97 Å². The zero-order chi connectivity index (χ0) is 24.7. The van der Waals surface area contributed by atoms with Crippen molar-refractivity contribution in [3.05, 3.63) is 91.0 Å². The molecule has 0 radical (unpaired) electrons. The maximum atomic E-state index is 11.0. The molecule has 0 heterocycles. The van der Waals surface area contributed by atoms with E-state index in [-0.39, 0.29) is 0 Å². The fourth-order valence-electron chi connectivity index (χ4n) is 3.02. The van der Waals surface area contributed by atoms with Crippen molar-refractivity contribution in [2.75, 3.05) is 13.2 Å². The molecule has 0 unspecified atom stereocenters. The number of nitrogens with zero attached hydrogens (tertiary/aromatic N) is 4. The number of esters is 1. The molecule has 0 amide bonds. The van der Waals surface area contributed by atoms with E-state index in [2.05, 4.69) is 46.1 Å². The molecule has 3 rings (SSSR count). The standard InChI is InChI=1S/C28H30N4O3/c1-3-5-7-22-8-10-23(11-9-22)29-30-24-12-14-25(15-13-24)31-32-26-16-18-27(19-17-26)34-20-6-21-35-28(33)4-2/h4,8-19H,2-3,5-7,20-21H2,1H3/b30-29+,32-31+. The molecule has 0 N–H and O–H groups in total. The number of hydrogen-bond acceptors (Lipinski definition) is 7. The first-order chi connectivity index (χ1) is 17.2. The van der Waals surface area contributed by atoms with E-state index in [0.29, 0.717) is 31.1 Å². The Morgan fingerprint density at radius 1 is 0.743 bits per heavy atom. The number of carbonyl (C=O) groups is 1. The molecule has 0 aromatic heterocycles. The van der Waals surface area contributed by atoms with Gasteiger partial charge in [0.05, 0.1) is 36.0 Å². The molecular weight excluding hydrogens is 440 g/mol. The largest absolute Gasteiger partial charge is 0.493 e. The van der Waals surface area contributed by atoms with Gasteiger partial charge in [0.2, 0.25) is 0 Å². The maximum absolute atomic E-state index is 11.0. The minimum atomic E-state index is -0.429. The normalized spacial score (nSPS) is 11.1. The van der Waals surface area contributed by atoms with E-state index in [9.17, 15) is 4.79 Å². The van der Waals surface area contributed by atoms with Crippen molar-refractivity contribution in [2.45, 2.75) is 32.6 Å². The fourth-order valence-corrected chi connectivity index (χ4v) is 3.02. The molecule has 3 aromatic rings. The van der Waals surface area contributed by atoms with Crippen molar-refractivity contribution in [1.29, 1.82) is 0 Å². The number of azo groups is 2. The molecule has 0 saturated carbocycles. The van der Waals surface area contributed by atoms with Crippen molar-refractivity contribution >= 4 is 28.7 Å². The van der Waals surface area contributed by atoms with Gasteiger partial charge in [-0.25, -0.2) is 4.79 Å². The van der Waals surface area contributed by atoms with Crippen molar-refractivity contribution in [2.24, 2.45) is 20.5 Å². The monoisotopic (exact) mass is 470 g/mol. The summed E-state index contributed by atoms with van der Waals surface area (Å²) >= 11 is 0. The van der Waals surface area contributed by atoms with E-state index >= 15 is 0 Å². The van der Waals surface area contributed by atoms with Crippen molar-refractivity contribution in [1.82, 2.24) is 0 Å². The highest BCUT2D eigenvalue weighted by Gasteiger charge is 1.99. The first-order valence-corrected chi connectivity index (χ1v) is 11.7. The zero-order valence-corrected chi connectivity index (χ0v) is 20.0. The highest BCUT2D eigenvalue weighted by atomic mass is 16.5. The second-order valence-corrected chi connectivity index (χ2v) is 7.75. The van der Waals surface area contributed by atoms with Gasteiger partial charge in [-0.3, -0.25) is 0 Å². The van der Waals surface area contributed by atoms with Crippen LogP contribution < -0.4 is 4.74 Å². The van der Waals surface area contributed by atoms with E-state index in [0.717, 1.165) is 29.6 Å². The smallest absolute Gasteiger partial charge is 0.330 e. The predicted molar refractivity (Wildman–Crippen MR) is 138 cm³/mol. The molecule has 0 saturated heterocycles. The lowest BCUT2D eigenvalue weighted by Gasteiger charge is -2.06. The van der Waals surface area contributed by atoms with Gasteiger partial charge in [0.15, 0.2) is 0 Å². The van der Waals surface area contributed by atoms with Crippen LogP contribution in [0, 0.1) is 0 Å². The van der Waals surface area contributed by atoms with Crippen LogP contribution in [0.5, 0.6) is 5.75 Å². The third-order valence-corrected chi connectivity index (χ3v) is 4.97. The Hall–Kier alpha value is -4.13. The van der Waals surface area contributed by atoms with Crippen LogP contribution >= 0.6 is 0 Å². The van der Waals surface area contributed by atoms with Gasteiger partial charge in [-0.2, -0.15) is 20.5 Å². The average molecular weight is 471 g/mol. The summed E-state index contributed by atoms with van der Waals surface area (Å²) in [5.74, 6) is 0.284. The Labute approximate surface area is 206 Å². The Morgan fingerprint density at radius 2 is 1.23 bits per heavy atom. The van der Waals surface area contributed by atoms with Gasteiger partial charge in [0, 0.05) is 12.5 Å². The highest BCUT2D eigenvalue weighted by molar-refractivity contribution is 5.81. The van der Waals surface area contributed by atoms with Crippen LogP contribution in [-0.4, -0.2) is 19.2 Å². The maximum Gasteiger partial charge on any atom is 0.330 e. The summed E-state index contributed by atoms with van der Waals surface area (Å²) in [5, 5.41) is 17.1. The summed E-state index contributed by atoms with van der Waals surface area (Å²) < 4.78 is 10.5. The number of benzene rings is 3. The molecule has 0 spiro atoms. The van der Waals surface area contributed by atoms with Crippen molar-refractivity contribution < 1.29 is 14.3 Å². The lowest BCUT2D eigenvalue weighted by molar-refractivity contribution is -0.137. The molecule has 7 heteroatoms. The summed E-state index contributed by atoms with van der Waals surface area (Å²) in [4.78, 5) is 11.0. The molecule has 0 atom stereocenters. The SMILES string of the molecule is C=CC(=O)OCCCOc1ccc(/N=N/c2ccc(/N=N/c3ccc(CCCC)cc3)cc2)cc1. The van der Waals surface area contributed by atoms with Gasteiger partial charge in [-0.1, -0.05) is 32.1 Å². The Morgan fingerprint density at radius 3 is 1.71 bits per heavy atom. The van der Waals surface area contributed by atoms with Gasteiger partial charge in [0.1, 0.15) is 5.75 Å². The molecular formula is C28H30N4O3. The molecule has 0 fully saturated rings. The summed E-state index contributed by atoms with van der Waals surface area (Å²) in [5.41, 5.74) is 4.34. The number of aryl methyl sites for hydroxylation is 1. The quantitative estimate of drug-likeness (QED) is 0.109. The highest BCUT2D eigenvalue weighted by Crippen LogP contribution is 2.24. The number of rotatable bonds is 13. The Bertz CT molecular complexity index is 1120. The van der Waals surface area contributed by atoms with Crippen LogP contribution in [0.4, 0.5) is 22.7 Å². The number of carbonyl (C=O) groups excluding carboxylic acids is 1. The lowest BCUT2D eigenvalue weighted by Crippen LogP contribution is -2.06. The minimum Gasteiger partial charge on any atom is -0.493 e. The van der Waals surface area contributed by atoms with Gasteiger partial charge in [0.25, 0.3) is 0 Å². The van der Waals surface area contributed by atoms with Crippen LogP contribution in [0.1, 0.15) is 31.7 Å². The third kappa shape index (κ3) is 9.33. The first kappa shape index (κ1) is 25.5. The third-order valence-electron chi connectivity index (χ3n) is 4.97. The topological polar surface area (TPSA) is 85.0 Å². The summed E-state index contributed by atoms with van der Waals surface area (Å²) in [6.45, 7) is 6.28. The summed E-state index contributed by atoms with van der Waals surface area (Å²) in [7, 11) is 0. The van der Waals surface area contributed by atoms with Crippen molar-refractivity contribution in [3.63, 3.8) is 0 Å². The molecule has 0 aliphatic heterocycles. The van der Waals surface area contributed by atoms with Crippen LogP contribution in [-0.2, 0) is 16.0 Å². The van der Waals surface area contributed by atoms with E-state index in [1.165, 1.54) is 18.4 Å². The molecule has 35 heavy (non-hydrogen) atoms. The Kier molecular flexibility index (Phi) is 10.3. The second-order valence-electron chi connectivity index (χ2n) is 7.75. The van der Waals surface area contributed by atoms with Crippen LogP contribution in [0.15, 0.2) is 106 Å². The molecule has 0 bridgehead atoms. The summed E-state index contributed by atoms with van der Waals surface area (Å²) in [6, 6.07) is 22.9. The van der Waals surface area contributed by atoms with E-state index in [1.807, 2.05) is 60.7 Å². The molecule has 0 aliphatic rings. The second kappa shape index (κ2) is 14.2. The first-order valence-electron chi connectivity index (χ1n) is 11.7. The van der Waals surface area contributed by atoms with Crippen LogP contribution in [0.25, 0.3) is 0 Å². The molecule has 7 nitrogen and oxygen atoms in total. The molecule has 180 valence electrons. The minimum absolute atomic E-state index is 0.295.